The fraction of sp³-hybridized carbons (Fsp3) is 0.889. The molecule has 2 aliphatic rings. The highest BCUT2D eigenvalue weighted by atomic mass is 16.4. The molecule has 2 atom stereocenters. The summed E-state index contributed by atoms with van der Waals surface area (Å²) in [6, 6.07) is 0.926. The van der Waals surface area contributed by atoms with E-state index in [0.29, 0.717) is 12.1 Å². The minimum absolute atomic E-state index is 0.461. The van der Waals surface area contributed by atoms with E-state index in [4.69, 9.17) is 5.11 Å². The van der Waals surface area contributed by atoms with Crippen molar-refractivity contribution in [1.29, 1.82) is 0 Å². The molecule has 3 heteroatoms. The van der Waals surface area contributed by atoms with Gasteiger partial charge in [0.2, 0.25) is 0 Å². The number of carboxylic acids is 1. The molecule has 0 saturated carbocycles. The van der Waals surface area contributed by atoms with Crippen LogP contribution in [-0.2, 0) is 4.79 Å². The van der Waals surface area contributed by atoms with Crippen molar-refractivity contribution in [2.45, 2.75) is 44.7 Å². The van der Waals surface area contributed by atoms with Gasteiger partial charge in [0.05, 0.1) is 5.41 Å². The van der Waals surface area contributed by atoms with Crippen molar-refractivity contribution in [3.63, 3.8) is 0 Å². The van der Waals surface area contributed by atoms with Crippen molar-refractivity contribution in [3.8, 4) is 0 Å². The van der Waals surface area contributed by atoms with Crippen LogP contribution in [0.5, 0.6) is 0 Å². The lowest BCUT2D eigenvalue weighted by Crippen LogP contribution is -2.46. The average Bonchev–Trinajstić information content (AvgIpc) is 2.30. The second kappa shape index (κ2) is 2.46. The smallest absolute Gasteiger partial charge is 0.309 e. The molecule has 2 unspecified atom stereocenters. The fourth-order valence-corrected chi connectivity index (χ4v) is 2.57. The van der Waals surface area contributed by atoms with E-state index in [-0.39, 0.29) is 0 Å². The highest BCUT2D eigenvalue weighted by molar-refractivity contribution is 5.74. The zero-order valence-electron chi connectivity index (χ0n) is 7.34. The van der Waals surface area contributed by atoms with Crippen molar-refractivity contribution in [3.05, 3.63) is 0 Å². The standard InChI is InChI=1S/C9H15NO2/c1-9(8(11)12)4-6-2-3-7(5-9)10-6/h6-7,10H,2-5H2,1H3,(H,11,12). The summed E-state index contributed by atoms with van der Waals surface area (Å²) in [5.41, 5.74) is -0.461. The lowest BCUT2D eigenvalue weighted by molar-refractivity contribution is -0.150. The summed E-state index contributed by atoms with van der Waals surface area (Å²) in [6.45, 7) is 1.88. The van der Waals surface area contributed by atoms with Gasteiger partial charge >= 0.3 is 5.97 Å². The topological polar surface area (TPSA) is 49.3 Å². The van der Waals surface area contributed by atoms with Gasteiger partial charge in [0, 0.05) is 12.1 Å². The summed E-state index contributed by atoms with van der Waals surface area (Å²) in [5.74, 6) is -0.624. The number of fused-ring (bicyclic) bond motifs is 2. The molecule has 2 bridgehead atoms. The number of rotatable bonds is 1. The molecular weight excluding hydrogens is 154 g/mol. The number of aliphatic carboxylic acids is 1. The highest BCUT2D eigenvalue weighted by Gasteiger charge is 2.45. The van der Waals surface area contributed by atoms with Gasteiger partial charge in [-0.25, -0.2) is 0 Å². The third-order valence-electron chi connectivity index (χ3n) is 3.25. The molecule has 2 heterocycles. The number of piperidine rings is 1. The Morgan fingerprint density at radius 3 is 2.33 bits per heavy atom. The molecule has 68 valence electrons. The molecule has 0 spiro atoms. The Kier molecular flexibility index (Phi) is 1.65. The first-order valence-corrected chi connectivity index (χ1v) is 4.60. The third kappa shape index (κ3) is 1.12. The molecule has 0 aromatic heterocycles. The van der Waals surface area contributed by atoms with E-state index in [9.17, 15) is 4.79 Å². The maximum absolute atomic E-state index is 11.0. The van der Waals surface area contributed by atoms with Crippen molar-refractivity contribution in [2.24, 2.45) is 5.41 Å². The molecule has 0 radical (unpaired) electrons. The van der Waals surface area contributed by atoms with E-state index < -0.39 is 11.4 Å². The number of carbonyl (C=O) groups is 1. The zero-order valence-corrected chi connectivity index (χ0v) is 7.34. The fourth-order valence-electron chi connectivity index (χ4n) is 2.57. The van der Waals surface area contributed by atoms with Crippen LogP contribution in [-0.4, -0.2) is 23.2 Å². The predicted octanol–water partition coefficient (Wildman–Crippen LogP) is 0.992. The molecule has 2 N–H and O–H groups in total. The van der Waals surface area contributed by atoms with Crippen molar-refractivity contribution >= 4 is 5.97 Å². The lowest BCUT2D eigenvalue weighted by atomic mass is 9.77. The maximum atomic E-state index is 11.0. The van der Waals surface area contributed by atoms with E-state index in [2.05, 4.69) is 5.32 Å². The molecule has 0 aliphatic carbocycles. The Morgan fingerprint density at radius 2 is 1.92 bits per heavy atom. The van der Waals surface area contributed by atoms with Gasteiger partial charge in [-0.15, -0.1) is 0 Å². The molecule has 0 amide bonds. The van der Waals surface area contributed by atoms with Gasteiger partial charge in [0.25, 0.3) is 0 Å². The number of hydrogen-bond acceptors (Lipinski definition) is 2. The van der Waals surface area contributed by atoms with Crippen LogP contribution in [0, 0.1) is 5.41 Å². The van der Waals surface area contributed by atoms with Crippen LogP contribution in [0.1, 0.15) is 32.6 Å². The van der Waals surface area contributed by atoms with Crippen molar-refractivity contribution in [2.75, 3.05) is 0 Å². The summed E-state index contributed by atoms with van der Waals surface area (Å²) in [7, 11) is 0. The number of nitrogens with one attached hydrogen (secondary N) is 1. The molecule has 3 nitrogen and oxygen atoms in total. The van der Waals surface area contributed by atoms with E-state index >= 15 is 0 Å². The van der Waals surface area contributed by atoms with Crippen LogP contribution in [0.25, 0.3) is 0 Å². The predicted molar refractivity (Wildman–Crippen MR) is 44.9 cm³/mol. The van der Waals surface area contributed by atoms with Gasteiger partial charge < -0.3 is 10.4 Å². The van der Waals surface area contributed by atoms with Crippen LogP contribution in [0.4, 0.5) is 0 Å². The largest absolute Gasteiger partial charge is 0.481 e. The normalized spacial score (nSPS) is 46.1. The first kappa shape index (κ1) is 8.05. The highest BCUT2D eigenvalue weighted by Crippen LogP contribution is 2.39. The maximum Gasteiger partial charge on any atom is 0.309 e. The summed E-state index contributed by atoms with van der Waals surface area (Å²) in [6.07, 6.45) is 3.93. The van der Waals surface area contributed by atoms with Gasteiger partial charge in [-0.2, -0.15) is 0 Å². The van der Waals surface area contributed by atoms with Crippen LogP contribution in [0.3, 0.4) is 0 Å². The molecule has 2 rings (SSSR count). The minimum Gasteiger partial charge on any atom is -0.481 e. The van der Waals surface area contributed by atoms with Gasteiger partial charge in [0.1, 0.15) is 0 Å². The Labute approximate surface area is 72.2 Å². The molecular formula is C9H15NO2. The first-order chi connectivity index (χ1) is 5.60. The monoisotopic (exact) mass is 169 g/mol. The van der Waals surface area contributed by atoms with Gasteiger partial charge in [-0.1, -0.05) is 0 Å². The Hall–Kier alpha value is -0.570. The van der Waals surface area contributed by atoms with E-state index in [1.54, 1.807) is 0 Å². The van der Waals surface area contributed by atoms with Crippen LogP contribution >= 0.6 is 0 Å². The molecule has 2 fully saturated rings. The summed E-state index contributed by atoms with van der Waals surface area (Å²) >= 11 is 0. The van der Waals surface area contributed by atoms with Crippen molar-refractivity contribution in [1.82, 2.24) is 5.32 Å². The molecule has 0 aromatic rings. The van der Waals surface area contributed by atoms with Gasteiger partial charge in [0.15, 0.2) is 0 Å². The minimum atomic E-state index is -0.624. The summed E-state index contributed by atoms with van der Waals surface area (Å²) < 4.78 is 0. The molecule has 12 heavy (non-hydrogen) atoms. The quantitative estimate of drug-likeness (QED) is 0.615. The number of carboxylic acid groups (broad SMARTS) is 1. The molecule has 0 aromatic carbocycles. The Balaban J connectivity index is 2.15. The Bertz CT molecular complexity index is 203. The van der Waals surface area contributed by atoms with Crippen LogP contribution < -0.4 is 5.32 Å². The first-order valence-electron chi connectivity index (χ1n) is 4.60. The van der Waals surface area contributed by atoms with Crippen LogP contribution in [0.2, 0.25) is 0 Å². The van der Waals surface area contributed by atoms with Gasteiger partial charge in [-0.3, -0.25) is 4.79 Å². The molecule has 2 saturated heterocycles. The van der Waals surface area contributed by atoms with E-state index in [1.807, 2.05) is 6.92 Å². The summed E-state index contributed by atoms with van der Waals surface area (Å²) in [5, 5.41) is 12.5. The number of hydrogen-bond donors (Lipinski definition) is 2. The lowest BCUT2D eigenvalue weighted by Gasteiger charge is -2.34. The van der Waals surface area contributed by atoms with Gasteiger partial charge in [-0.05, 0) is 32.6 Å². The van der Waals surface area contributed by atoms with Crippen LogP contribution in [0.15, 0.2) is 0 Å². The summed E-state index contributed by atoms with van der Waals surface area (Å²) in [4.78, 5) is 11.0. The zero-order chi connectivity index (χ0) is 8.77. The molecule has 2 aliphatic heterocycles. The average molecular weight is 169 g/mol. The van der Waals surface area contributed by atoms with Crippen molar-refractivity contribution < 1.29 is 9.90 Å². The SMILES string of the molecule is CC1(C(=O)O)CC2CCC(C1)N2. The van der Waals surface area contributed by atoms with E-state index in [1.165, 1.54) is 0 Å². The Morgan fingerprint density at radius 1 is 1.42 bits per heavy atom. The third-order valence-corrected chi connectivity index (χ3v) is 3.25. The van der Waals surface area contributed by atoms with E-state index in [0.717, 1.165) is 25.7 Å². The second-order valence-electron chi connectivity index (χ2n) is 4.41. The second-order valence-corrected chi connectivity index (χ2v) is 4.41.